The smallest absolute Gasteiger partial charge is 0.252 e. The first-order valence-corrected chi connectivity index (χ1v) is 35.8. The number of aromatic nitrogens is 1. The second kappa shape index (κ2) is 24.1. The van der Waals surface area contributed by atoms with Crippen LogP contribution >= 0.6 is 0 Å². The predicted molar refractivity (Wildman–Crippen MR) is 426 cm³/mol. The standard InChI is InChI=1S/C96H88BN3/c1-91(2,65-33-19-13-20-34-65)71-45-31-47-77(57-71)98-86-61-75(95(9,10)69-41-27-17-28-42-69)49-53-82(86)97-83-54-50-76(96(11,12)70-43-29-18-30-44-70)62-87(83)99(78-48-32-46-72(58-78)92(3,4)66-35-21-14-22-36-66)89-64-79(63-88(98)90(89)97)100-84-55-51-73(93(5,6)67-37-23-15-24-38-67)59-80(84)81-60-74(52-56-85(81)100)94(7,8)68-39-25-16-26-40-68/h13-64H,1-12H3. The van der Waals surface area contributed by atoms with Crippen molar-refractivity contribution in [3.8, 4) is 5.69 Å². The van der Waals surface area contributed by atoms with Gasteiger partial charge in [-0.2, -0.15) is 0 Å². The molecule has 0 saturated heterocycles. The normalized spacial score (nSPS) is 13.3. The van der Waals surface area contributed by atoms with Crippen LogP contribution in [-0.2, 0) is 32.5 Å². The summed E-state index contributed by atoms with van der Waals surface area (Å²) in [5.41, 5.74) is 27.4. The van der Waals surface area contributed by atoms with E-state index in [1.807, 2.05) is 0 Å². The third-order valence-electron chi connectivity index (χ3n) is 23.6. The summed E-state index contributed by atoms with van der Waals surface area (Å²) < 4.78 is 2.60. The number of rotatable bonds is 15. The number of benzene rings is 13. The minimum Gasteiger partial charge on any atom is -0.311 e. The molecule has 3 nitrogen and oxygen atoms in total. The average Bonchev–Trinajstić information content (AvgIpc) is 0.997. The van der Waals surface area contributed by atoms with Gasteiger partial charge in [0.1, 0.15) is 0 Å². The zero-order chi connectivity index (χ0) is 69.1. The summed E-state index contributed by atoms with van der Waals surface area (Å²) in [6, 6.07) is 120. The van der Waals surface area contributed by atoms with Crippen molar-refractivity contribution in [1.29, 1.82) is 0 Å². The topological polar surface area (TPSA) is 11.4 Å². The van der Waals surface area contributed by atoms with Crippen LogP contribution in [-0.4, -0.2) is 11.3 Å². The summed E-state index contributed by atoms with van der Waals surface area (Å²) >= 11 is 0. The molecule has 16 rings (SSSR count). The van der Waals surface area contributed by atoms with Crippen LogP contribution in [0.15, 0.2) is 315 Å². The van der Waals surface area contributed by atoms with Crippen LogP contribution in [0.3, 0.4) is 0 Å². The molecule has 100 heavy (non-hydrogen) atoms. The lowest BCUT2D eigenvalue weighted by molar-refractivity contribution is 0.640. The number of nitrogens with zero attached hydrogens (tertiary/aromatic N) is 3. The van der Waals surface area contributed by atoms with Crippen molar-refractivity contribution in [3.05, 3.63) is 382 Å². The van der Waals surface area contributed by atoms with Gasteiger partial charge in [0.2, 0.25) is 0 Å². The molecule has 0 radical (unpaired) electrons. The van der Waals surface area contributed by atoms with E-state index in [2.05, 4.69) is 413 Å². The van der Waals surface area contributed by atoms with E-state index in [1.165, 1.54) is 105 Å². The third kappa shape index (κ3) is 10.5. The highest BCUT2D eigenvalue weighted by Crippen LogP contribution is 2.51. The lowest BCUT2D eigenvalue weighted by Crippen LogP contribution is -2.61. The molecule has 1 aromatic heterocycles. The van der Waals surface area contributed by atoms with Crippen molar-refractivity contribution in [2.45, 2.75) is 116 Å². The SMILES string of the molecule is CC(C)(c1ccccc1)c1cccc(N2c3cc(C(C)(C)c4ccccc4)ccc3B3c4ccc(C(C)(C)c5ccccc5)cc4N(c4cccc(C(C)(C)c5ccccc5)c4)c4cc(-n5c6ccc(C(C)(C)c7ccccc7)cc6c6cc(C(C)(C)c7ccccc7)ccc65)cc2c43)c1. The molecule has 0 bridgehead atoms. The Hall–Kier alpha value is -10.7. The van der Waals surface area contributed by atoms with Gasteiger partial charge in [-0.25, -0.2) is 0 Å². The van der Waals surface area contributed by atoms with E-state index < -0.39 is 0 Å². The van der Waals surface area contributed by atoms with E-state index in [0.29, 0.717) is 0 Å². The van der Waals surface area contributed by atoms with E-state index >= 15 is 0 Å². The Bertz CT molecular complexity index is 5080. The molecular formula is C96H88BN3. The van der Waals surface area contributed by atoms with Crippen LogP contribution in [0, 0.1) is 0 Å². The van der Waals surface area contributed by atoms with Gasteiger partial charge >= 0.3 is 0 Å². The molecule has 0 N–H and O–H groups in total. The lowest BCUT2D eigenvalue weighted by atomic mass is 9.33. The molecule has 14 aromatic rings. The highest BCUT2D eigenvalue weighted by molar-refractivity contribution is 7.00. The maximum atomic E-state index is 2.66. The van der Waals surface area contributed by atoms with Gasteiger partial charge in [0.25, 0.3) is 6.71 Å². The quantitative estimate of drug-likeness (QED) is 0.0948. The minimum atomic E-state index is -0.338. The molecule has 0 amide bonds. The highest BCUT2D eigenvalue weighted by Gasteiger charge is 2.46. The van der Waals surface area contributed by atoms with Crippen LogP contribution in [0.5, 0.6) is 0 Å². The van der Waals surface area contributed by atoms with Gasteiger partial charge in [0.05, 0.1) is 16.7 Å². The molecule has 0 unspecified atom stereocenters. The first kappa shape index (κ1) is 64.0. The summed E-state index contributed by atoms with van der Waals surface area (Å²) in [5, 5.41) is 2.45. The fraction of sp³-hybridized carbons (Fsp3) is 0.188. The fourth-order valence-corrected chi connectivity index (χ4v) is 16.7. The Kier molecular flexibility index (Phi) is 15.4. The summed E-state index contributed by atoms with van der Waals surface area (Å²) in [6.45, 7) is 28.4. The Morgan fingerprint density at radius 2 is 0.470 bits per heavy atom. The van der Waals surface area contributed by atoms with Crippen molar-refractivity contribution < 1.29 is 0 Å². The van der Waals surface area contributed by atoms with Crippen molar-refractivity contribution >= 4 is 79.0 Å². The minimum absolute atomic E-state index is 0.157. The second-order valence-electron chi connectivity index (χ2n) is 31.4. The Balaban J connectivity index is 1.04. The molecule has 490 valence electrons. The summed E-state index contributed by atoms with van der Waals surface area (Å²) in [4.78, 5) is 5.31. The number of fused-ring (bicyclic) bond motifs is 7. The summed E-state index contributed by atoms with van der Waals surface area (Å²) in [5.74, 6) is 0. The number of hydrogen-bond acceptors (Lipinski definition) is 2. The van der Waals surface area contributed by atoms with Crippen LogP contribution in [0.25, 0.3) is 27.5 Å². The molecular weight excluding hydrogens is 1210 g/mol. The largest absolute Gasteiger partial charge is 0.311 e. The molecule has 0 atom stereocenters. The fourth-order valence-electron chi connectivity index (χ4n) is 16.7. The molecule has 2 aliphatic heterocycles. The van der Waals surface area contributed by atoms with Gasteiger partial charge < -0.3 is 14.4 Å². The monoisotopic (exact) mass is 1290 g/mol. The van der Waals surface area contributed by atoms with Crippen LogP contribution < -0.4 is 26.2 Å². The summed E-state index contributed by atoms with van der Waals surface area (Å²) in [7, 11) is 0. The third-order valence-corrected chi connectivity index (χ3v) is 23.6. The van der Waals surface area contributed by atoms with Gasteiger partial charge in [-0.3, -0.25) is 0 Å². The molecule has 0 fully saturated rings. The van der Waals surface area contributed by atoms with E-state index in [-0.39, 0.29) is 39.2 Å². The number of anilines is 6. The molecule has 0 saturated carbocycles. The van der Waals surface area contributed by atoms with Crippen molar-refractivity contribution in [2.75, 3.05) is 9.80 Å². The molecule has 3 heterocycles. The van der Waals surface area contributed by atoms with E-state index in [9.17, 15) is 0 Å². The van der Waals surface area contributed by atoms with Crippen LogP contribution in [0.1, 0.15) is 150 Å². The Morgan fingerprint density at radius 1 is 0.210 bits per heavy atom. The van der Waals surface area contributed by atoms with Crippen LogP contribution in [0.2, 0.25) is 0 Å². The molecule has 0 aliphatic carbocycles. The zero-order valence-electron chi connectivity index (χ0n) is 59.9. The van der Waals surface area contributed by atoms with Gasteiger partial charge in [-0.1, -0.05) is 326 Å². The first-order chi connectivity index (χ1) is 48.1. The molecule has 0 spiro atoms. The van der Waals surface area contributed by atoms with Crippen molar-refractivity contribution in [2.24, 2.45) is 0 Å². The maximum absolute atomic E-state index is 2.66. The average molecular weight is 1290 g/mol. The highest BCUT2D eigenvalue weighted by atomic mass is 15.2. The lowest BCUT2D eigenvalue weighted by Gasteiger charge is -2.45. The zero-order valence-corrected chi connectivity index (χ0v) is 59.9. The first-order valence-electron chi connectivity index (χ1n) is 35.8. The van der Waals surface area contributed by atoms with Crippen LogP contribution in [0.4, 0.5) is 34.1 Å². The Morgan fingerprint density at radius 3 is 0.770 bits per heavy atom. The summed E-state index contributed by atoms with van der Waals surface area (Å²) in [6.07, 6.45) is 0. The van der Waals surface area contributed by atoms with E-state index in [4.69, 9.17) is 0 Å². The molecule has 2 aliphatic rings. The van der Waals surface area contributed by atoms with E-state index in [1.54, 1.807) is 0 Å². The van der Waals surface area contributed by atoms with E-state index in [0.717, 1.165) is 39.5 Å². The van der Waals surface area contributed by atoms with Crippen molar-refractivity contribution in [3.63, 3.8) is 0 Å². The molecule has 4 heteroatoms. The maximum Gasteiger partial charge on any atom is 0.252 e. The van der Waals surface area contributed by atoms with Gasteiger partial charge in [0.15, 0.2) is 0 Å². The van der Waals surface area contributed by atoms with Gasteiger partial charge in [0, 0.05) is 77.4 Å². The number of hydrogen-bond donors (Lipinski definition) is 0. The molecule has 13 aromatic carbocycles. The predicted octanol–water partition coefficient (Wildman–Crippen LogP) is 22.8. The second-order valence-corrected chi connectivity index (χ2v) is 31.4. The van der Waals surface area contributed by atoms with Crippen molar-refractivity contribution in [1.82, 2.24) is 4.57 Å². The van der Waals surface area contributed by atoms with Gasteiger partial charge in [-0.15, -0.1) is 0 Å². The van der Waals surface area contributed by atoms with Gasteiger partial charge in [-0.05, 0) is 156 Å². The Labute approximate surface area is 593 Å².